The van der Waals surface area contributed by atoms with Crippen LogP contribution in [0.25, 0.3) is 5.76 Å². The Labute approximate surface area is 250 Å². The maximum atomic E-state index is 13.5. The molecule has 2 heterocycles. The lowest BCUT2D eigenvalue weighted by molar-refractivity contribution is -0.132. The first-order chi connectivity index (χ1) is 20.7. The van der Waals surface area contributed by atoms with Gasteiger partial charge >= 0.3 is 5.97 Å². The number of ketones is 1. The summed E-state index contributed by atoms with van der Waals surface area (Å²) < 4.78 is 11.3. The second-order valence-electron chi connectivity index (χ2n) is 10.7. The third kappa shape index (κ3) is 6.33. The number of nitrogens with zero attached hydrogens (tertiary/aromatic N) is 2. The largest absolute Gasteiger partial charge is 0.507 e. The highest BCUT2D eigenvalue weighted by Gasteiger charge is 2.47. The SMILES string of the molecule is Cc1cc(/C(O)=C2/C(=O)C(=O)N(c3ccc(C(=O)OCC(C)C)cc3)C2c2cccnc2)ccc1OCc1ccccc1. The number of carbonyl (C=O) groups excluding carboxylic acids is 3. The minimum atomic E-state index is -0.943. The van der Waals surface area contributed by atoms with Gasteiger partial charge in [-0.05, 0) is 78.1 Å². The van der Waals surface area contributed by atoms with Crippen molar-refractivity contribution in [1.29, 1.82) is 0 Å². The number of Topliss-reactive ketones (excluding diaryl/α,β-unsaturated/α-hetero) is 1. The van der Waals surface area contributed by atoms with Crippen molar-refractivity contribution in [3.05, 3.63) is 131 Å². The van der Waals surface area contributed by atoms with E-state index in [9.17, 15) is 19.5 Å². The maximum absolute atomic E-state index is 13.5. The summed E-state index contributed by atoms with van der Waals surface area (Å²) in [5.41, 5.74) is 3.34. The maximum Gasteiger partial charge on any atom is 0.338 e. The van der Waals surface area contributed by atoms with Crippen LogP contribution in [0.3, 0.4) is 0 Å². The molecule has 3 aromatic carbocycles. The van der Waals surface area contributed by atoms with Crippen LogP contribution in [0.1, 0.15) is 52.5 Å². The fourth-order valence-electron chi connectivity index (χ4n) is 4.89. The van der Waals surface area contributed by atoms with Gasteiger partial charge in [0.1, 0.15) is 18.1 Å². The molecule has 4 aromatic rings. The number of ether oxygens (including phenoxy) is 2. The van der Waals surface area contributed by atoms with E-state index in [1.165, 1.54) is 4.90 Å². The van der Waals surface area contributed by atoms with Crippen molar-refractivity contribution in [2.45, 2.75) is 33.4 Å². The molecular formula is C35H32N2O6. The third-order valence-corrected chi connectivity index (χ3v) is 7.06. The number of aliphatic hydroxyl groups is 1. The summed E-state index contributed by atoms with van der Waals surface area (Å²) in [4.78, 5) is 44.9. The molecule has 1 saturated heterocycles. The van der Waals surface area contributed by atoms with Crippen molar-refractivity contribution in [1.82, 2.24) is 4.98 Å². The van der Waals surface area contributed by atoms with E-state index in [1.54, 1.807) is 67.0 Å². The molecule has 1 atom stereocenters. The van der Waals surface area contributed by atoms with E-state index in [-0.39, 0.29) is 23.9 Å². The normalized spacial score (nSPS) is 16.0. The van der Waals surface area contributed by atoms with Gasteiger partial charge in [0.25, 0.3) is 11.7 Å². The Hall–Kier alpha value is -5.24. The molecule has 0 aliphatic carbocycles. The Kier molecular flexibility index (Phi) is 8.66. The van der Waals surface area contributed by atoms with Crippen molar-refractivity contribution in [2.75, 3.05) is 11.5 Å². The first-order valence-corrected chi connectivity index (χ1v) is 14.0. The fourth-order valence-corrected chi connectivity index (χ4v) is 4.89. The zero-order chi connectivity index (χ0) is 30.5. The van der Waals surface area contributed by atoms with Crippen LogP contribution in [0.4, 0.5) is 5.69 Å². The Morgan fingerprint density at radius 2 is 1.67 bits per heavy atom. The van der Waals surface area contributed by atoms with Crippen molar-refractivity contribution >= 4 is 29.1 Å². The number of carbonyl (C=O) groups is 3. The molecule has 1 fully saturated rings. The molecule has 43 heavy (non-hydrogen) atoms. The Morgan fingerprint density at radius 1 is 0.953 bits per heavy atom. The molecule has 1 N–H and O–H groups in total. The molecule has 0 spiro atoms. The van der Waals surface area contributed by atoms with Crippen molar-refractivity contribution < 1.29 is 29.0 Å². The number of aliphatic hydroxyl groups excluding tert-OH is 1. The predicted octanol–water partition coefficient (Wildman–Crippen LogP) is 6.41. The van der Waals surface area contributed by atoms with E-state index in [1.807, 2.05) is 51.1 Å². The monoisotopic (exact) mass is 576 g/mol. The van der Waals surface area contributed by atoms with E-state index in [4.69, 9.17) is 9.47 Å². The highest BCUT2D eigenvalue weighted by molar-refractivity contribution is 6.51. The number of hydrogen-bond acceptors (Lipinski definition) is 7. The van der Waals surface area contributed by atoms with Crippen LogP contribution in [0, 0.1) is 12.8 Å². The number of hydrogen-bond donors (Lipinski definition) is 1. The van der Waals surface area contributed by atoms with Crippen LogP contribution in [0.5, 0.6) is 5.75 Å². The van der Waals surface area contributed by atoms with Gasteiger partial charge in [0.2, 0.25) is 0 Å². The first kappa shape index (κ1) is 29.3. The molecule has 0 bridgehead atoms. The molecule has 1 amide bonds. The lowest BCUT2D eigenvalue weighted by Gasteiger charge is -2.25. The molecule has 5 rings (SSSR count). The molecule has 218 valence electrons. The zero-order valence-corrected chi connectivity index (χ0v) is 24.2. The molecule has 1 aliphatic rings. The number of benzene rings is 3. The number of amides is 1. The number of aryl methyl sites for hydroxylation is 1. The van der Waals surface area contributed by atoms with E-state index < -0.39 is 23.7 Å². The lowest BCUT2D eigenvalue weighted by atomic mass is 9.95. The van der Waals surface area contributed by atoms with Gasteiger partial charge < -0.3 is 14.6 Å². The van der Waals surface area contributed by atoms with Gasteiger partial charge in [0, 0.05) is 23.6 Å². The molecule has 0 saturated carbocycles. The number of esters is 1. The summed E-state index contributed by atoms with van der Waals surface area (Å²) >= 11 is 0. The zero-order valence-electron chi connectivity index (χ0n) is 24.2. The van der Waals surface area contributed by atoms with Crippen LogP contribution in [0.15, 0.2) is 103 Å². The Bertz CT molecular complexity index is 1660. The Balaban J connectivity index is 1.49. The number of aromatic nitrogens is 1. The Morgan fingerprint density at radius 3 is 2.33 bits per heavy atom. The molecular weight excluding hydrogens is 544 g/mol. The summed E-state index contributed by atoms with van der Waals surface area (Å²) in [7, 11) is 0. The highest BCUT2D eigenvalue weighted by atomic mass is 16.5. The van der Waals surface area contributed by atoms with Crippen molar-refractivity contribution in [2.24, 2.45) is 5.92 Å². The standard InChI is InChI=1S/C35H32N2O6/c1-22(2)20-43-35(41)25-11-14-28(15-12-25)37-31(27-10-7-17-36-19-27)30(33(39)34(37)40)32(38)26-13-16-29(23(3)18-26)42-21-24-8-5-4-6-9-24/h4-19,22,31,38H,20-21H2,1-3H3/b32-30-. The highest BCUT2D eigenvalue weighted by Crippen LogP contribution is 2.42. The number of rotatable bonds is 9. The van der Waals surface area contributed by atoms with Crippen molar-refractivity contribution in [3.8, 4) is 5.75 Å². The third-order valence-electron chi connectivity index (χ3n) is 7.06. The summed E-state index contributed by atoms with van der Waals surface area (Å²) in [6, 6.07) is 23.7. The molecule has 8 nitrogen and oxygen atoms in total. The summed E-state index contributed by atoms with van der Waals surface area (Å²) in [6.45, 7) is 6.41. The van der Waals surface area contributed by atoms with Crippen LogP contribution < -0.4 is 9.64 Å². The van der Waals surface area contributed by atoms with Crippen LogP contribution in [-0.4, -0.2) is 34.4 Å². The van der Waals surface area contributed by atoms with E-state index >= 15 is 0 Å². The second kappa shape index (κ2) is 12.7. The quantitative estimate of drug-likeness (QED) is 0.106. The van der Waals surface area contributed by atoms with Gasteiger partial charge in [-0.25, -0.2) is 4.79 Å². The molecule has 1 aromatic heterocycles. The van der Waals surface area contributed by atoms with Gasteiger partial charge in [-0.15, -0.1) is 0 Å². The first-order valence-electron chi connectivity index (χ1n) is 14.0. The van der Waals surface area contributed by atoms with Gasteiger partial charge in [-0.3, -0.25) is 19.5 Å². The van der Waals surface area contributed by atoms with E-state index in [0.29, 0.717) is 34.7 Å². The summed E-state index contributed by atoms with van der Waals surface area (Å²) in [6.07, 6.45) is 3.14. The minimum absolute atomic E-state index is 0.0595. The molecule has 8 heteroatoms. The average molecular weight is 577 g/mol. The van der Waals surface area contributed by atoms with Gasteiger partial charge in [-0.1, -0.05) is 50.2 Å². The topological polar surface area (TPSA) is 106 Å². The van der Waals surface area contributed by atoms with Crippen LogP contribution >= 0.6 is 0 Å². The average Bonchev–Trinajstić information content (AvgIpc) is 3.29. The van der Waals surface area contributed by atoms with Gasteiger partial charge in [-0.2, -0.15) is 0 Å². The van der Waals surface area contributed by atoms with Gasteiger partial charge in [0.05, 0.1) is 23.8 Å². The fraction of sp³-hybridized carbons (Fsp3) is 0.200. The van der Waals surface area contributed by atoms with Gasteiger partial charge in [0.15, 0.2) is 0 Å². The van der Waals surface area contributed by atoms with E-state index in [2.05, 4.69) is 4.98 Å². The summed E-state index contributed by atoms with van der Waals surface area (Å²) in [5, 5.41) is 11.5. The van der Waals surface area contributed by atoms with E-state index in [0.717, 1.165) is 11.1 Å². The minimum Gasteiger partial charge on any atom is -0.507 e. The smallest absolute Gasteiger partial charge is 0.338 e. The lowest BCUT2D eigenvalue weighted by Crippen LogP contribution is -2.29. The predicted molar refractivity (Wildman–Crippen MR) is 163 cm³/mol. The number of anilines is 1. The number of pyridine rings is 1. The van der Waals surface area contributed by atoms with Crippen LogP contribution in [0.2, 0.25) is 0 Å². The molecule has 1 unspecified atom stereocenters. The second-order valence-corrected chi connectivity index (χ2v) is 10.7. The summed E-state index contributed by atoms with van der Waals surface area (Å²) in [5.74, 6) is -1.58. The van der Waals surface area contributed by atoms with Crippen molar-refractivity contribution in [3.63, 3.8) is 0 Å². The van der Waals surface area contributed by atoms with Crippen LogP contribution in [-0.2, 0) is 20.9 Å². The molecule has 1 aliphatic heterocycles. The molecule has 0 radical (unpaired) electrons.